The fourth-order valence-corrected chi connectivity index (χ4v) is 2.29. The summed E-state index contributed by atoms with van der Waals surface area (Å²) in [5, 5.41) is 10.6. The van der Waals surface area contributed by atoms with Crippen molar-refractivity contribution in [3.05, 3.63) is 26.4 Å². The molecule has 15 heavy (non-hydrogen) atoms. The number of hydrogen-bond donors (Lipinski definition) is 2. The molecule has 0 spiro atoms. The topological polar surface area (TPSA) is 80.4 Å². The summed E-state index contributed by atoms with van der Waals surface area (Å²) in [6.07, 6.45) is 1.33. The number of carboxylic acid groups (broad SMARTS) is 1. The molecule has 1 heterocycles. The number of rotatable bonds is 4. The summed E-state index contributed by atoms with van der Waals surface area (Å²) in [6, 6.07) is 1.73. The molecular formula is C9H8BrNO3S. The average Bonchev–Trinajstić information content (AvgIpc) is 2.59. The Morgan fingerprint density at radius 2 is 2.27 bits per heavy atom. The number of halogens is 1. The molecular weight excluding hydrogens is 282 g/mol. The second-order valence-electron chi connectivity index (χ2n) is 2.66. The van der Waals surface area contributed by atoms with Gasteiger partial charge < -0.3 is 10.8 Å². The molecule has 1 aromatic heterocycles. The number of carbonyl (C=O) groups excluding carboxylic acids is 1. The average molecular weight is 290 g/mol. The summed E-state index contributed by atoms with van der Waals surface area (Å²) < 4.78 is 0.851. The van der Waals surface area contributed by atoms with Gasteiger partial charge in [0.2, 0.25) is 0 Å². The molecule has 0 radical (unpaired) electrons. The smallest absolute Gasteiger partial charge is 0.339 e. The minimum atomic E-state index is -1.25. The number of carbonyl (C=O) groups is 2. The lowest BCUT2D eigenvalue weighted by Gasteiger charge is -1.97. The molecule has 0 bridgehead atoms. The van der Waals surface area contributed by atoms with Gasteiger partial charge in [0.1, 0.15) is 5.57 Å². The second-order valence-corrected chi connectivity index (χ2v) is 4.52. The molecule has 1 aromatic rings. The molecule has 1 rings (SSSR count). The summed E-state index contributed by atoms with van der Waals surface area (Å²) >= 11 is 4.58. The van der Waals surface area contributed by atoms with Crippen molar-refractivity contribution in [3.63, 3.8) is 0 Å². The number of hydrogen-bond acceptors (Lipinski definition) is 4. The van der Waals surface area contributed by atoms with E-state index in [4.69, 9.17) is 10.8 Å². The molecule has 0 unspecified atom stereocenters. The lowest BCUT2D eigenvalue weighted by molar-refractivity contribution is -0.134. The molecule has 0 saturated heterocycles. The summed E-state index contributed by atoms with van der Waals surface area (Å²) in [6.45, 7) is -0.301. The van der Waals surface area contributed by atoms with E-state index in [9.17, 15) is 9.59 Å². The van der Waals surface area contributed by atoms with Crippen LogP contribution in [0.3, 0.4) is 0 Å². The minimum absolute atomic E-state index is 0.285. The molecule has 4 nitrogen and oxygen atoms in total. The van der Waals surface area contributed by atoms with Crippen molar-refractivity contribution in [1.82, 2.24) is 0 Å². The van der Waals surface area contributed by atoms with E-state index in [1.807, 2.05) is 0 Å². The lowest BCUT2D eigenvalue weighted by Crippen LogP contribution is -2.20. The van der Waals surface area contributed by atoms with E-state index < -0.39 is 11.8 Å². The van der Waals surface area contributed by atoms with Gasteiger partial charge in [0.25, 0.3) is 0 Å². The first-order valence-corrected chi connectivity index (χ1v) is 5.64. The van der Waals surface area contributed by atoms with Crippen LogP contribution >= 0.6 is 27.3 Å². The zero-order valence-electron chi connectivity index (χ0n) is 7.57. The second kappa shape index (κ2) is 5.20. The van der Waals surface area contributed by atoms with Crippen LogP contribution < -0.4 is 5.73 Å². The predicted molar refractivity (Wildman–Crippen MR) is 61.7 cm³/mol. The molecule has 3 N–H and O–H groups in total. The van der Waals surface area contributed by atoms with Crippen molar-refractivity contribution in [3.8, 4) is 0 Å². The van der Waals surface area contributed by atoms with Crippen LogP contribution in [0.1, 0.15) is 4.88 Å². The largest absolute Gasteiger partial charge is 0.478 e. The molecule has 0 aliphatic heterocycles. The Balaban J connectivity index is 3.04. The van der Waals surface area contributed by atoms with E-state index in [1.54, 1.807) is 11.4 Å². The summed E-state index contributed by atoms with van der Waals surface area (Å²) in [7, 11) is 0. The molecule has 0 saturated carbocycles. The van der Waals surface area contributed by atoms with Gasteiger partial charge in [0, 0.05) is 14.7 Å². The van der Waals surface area contributed by atoms with Gasteiger partial charge in [0.15, 0.2) is 5.78 Å². The number of ketones is 1. The predicted octanol–water partition coefficient (Wildman–Crippen LogP) is 1.51. The Kier molecular flexibility index (Phi) is 4.19. The molecule has 0 atom stereocenters. The van der Waals surface area contributed by atoms with Gasteiger partial charge in [-0.2, -0.15) is 0 Å². The number of carboxylic acids is 1. The Morgan fingerprint density at radius 1 is 1.60 bits per heavy atom. The monoisotopic (exact) mass is 289 g/mol. The van der Waals surface area contributed by atoms with Crippen LogP contribution in [-0.2, 0) is 9.59 Å². The molecule has 0 aromatic carbocycles. The van der Waals surface area contributed by atoms with Gasteiger partial charge in [-0.1, -0.05) is 0 Å². The quantitative estimate of drug-likeness (QED) is 0.500. The van der Waals surface area contributed by atoms with Crippen LogP contribution in [0.2, 0.25) is 0 Å². The minimum Gasteiger partial charge on any atom is -0.478 e. The third kappa shape index (κ3) is 3.26. The lowest BCUT2D eigenvalue weighted by atomic mass is 10.1. The third-order valence-corrected chi connectivity index (χ3v) is 3.23. The van der Waals surface area contributed by atoms with Crippen molar-refractivity contribution in [1.29, 1.82) is 0 Å². The SMILES string of the molecule is NCC(=O)C(=Cc1cc(Br)cs1)C(=O)O. The molecule has 0 amide bonds. The van der Waals surface area contributed by atoms with Crippen LogP contribution in [-0.4, -0.2) is 23.4 Å². The zero-order valence-corrected chi connectivity index (χ0v) is 9.97. The maximum Gasteiger partial charge on any atom is 0.339 e. The standard InChI is InChI=1S/C9H8BrNO3S/c10-5-1-6(15-4-5)2-7(9(13)14)8(12)3-11/h1-2,4H,3,11H2,(H,13,14). The Hall–Kier alpha value is -0.980. The van der Waals surface area contributed by atoms with E-state index in [1.165, 1.54) is 17.4 Å². The maximum atomic E-state index is 11.2. The number of nitrogens with two attached hydrogens (primary N) is 1. The van der Waals surface area contributed by atoms with Gasteiger partial charge in [-0.05, 0) is 28.1 Å². The van der Waals surface area contributed by atoms with Gasteiger partial charge >= 0.3 is 5.97 Å². The molecule has 0 aliphatic rings. The van der Waals surface area contributed by atoms with Crippen LogP contribution in [0.25, 0.3) is 6.08 Å². The highest BCUT2D eigenvalue weighted by Crippen LogP contribution is 2.22. The maximum absolute atomic E-state index is 11.2. The highest BCUT2D eigenvalue weighted by molar-refractivity contribution is 9.10. The summed E-state index contributed by atoms with van der Waals surface area (Å²) in [5.74, 6) is -1.83. The first-order valence-electron chi connectivity index (χ1n) is 3.97. The van der Waals surface area contributed by atoms with Gasteiger partial charge in [0.05, 0.1) is 6.54 Å². The zero-order chi connectivity index (χ0) is 11.4. The normalized spacial score (nSPS) is 11.5. The summed E-state index contributed by atoms with van der Waals surface area (Å²) in [5.41, 5.74) is 4.82. The fourth-order valence-electron chi connectivity index (χ4n) is 0.918. The van der Waals surface area contributed by atoms with Crippen LogP contribution in [0.15, 0.2) is 21.5 Å². The van der Waals surface area contributed by atoms with Crippen LogP contribution in [0.5, 0.6) is 0 Å². The van der Waals surface area contributed by atoms with Crippen molar-refractivity contribution in [2.75, 3.05) is 6.54 Å². The molecule has 0 fully saturated rings. The Labute approximate surface area is 98.5 Å². The van der Waals surface area contributed by atoms with Gasteiger partial charge in [-0.25, -0.2) is 4.79 Å². The van der Waals surface area contributed by atoms with Crippen molar-refractivity contribution < 1.29 is 14.7 Å². The van der Waals surface area contributed by atoms with Gasteiger partial charge in [-0.15, -0.1) is 11.3 Å². The molecule has 0 aliphatic carbocycles. The van der Waals surface area contributed by atoms with Gasteiger partial charge in [-0.3, -0.25) is 4.79 Å². The molecule has 6 heteroatoms. The van der Waals surface area contributed by atoms with E-state index in [0.717, 1.165) is 4.47 Å². The van der Waals surface area contributed by atoms with Crippen LogP contribution in [0.4, 0.5) is 0 Å². The van der Waals surface area contributed by atoms with E-state index in [2.05, 4.69) is 15.9 Å². The van der Waals surface area contributed by atoms with Crippen molar-refractivity contribution >= 4 is 45.1 Å². The third-order valence-electron chi connectivity index (χ3n) is 1.59. The number of thiophene rings is 1. The van der Waals surface area contributed by atoms with E-state index in [-0.39, 0.29) is 12.1 Å². The van der Waals surface area contributed by atoms with Crippen LogP contribution in [0, 0.1) is 0 Å². The Bertz CT molecular complexity index is 425. The number of Topliss-reactive ketones (excluding diaryl/α,β-unsaturated/α-hetero) is 1. The highest BCUT2D eigenvalue weighted by Gasteiger charge is 2.15. The van der Waals surface area contributed by atoms with E-state index in [0.29, 0.717) is 4.88 Å². The fraction of sp³-hybridized carbons (Fsp3) is 0.111. The van der Waals surface area contributed by atoms with Crippen molar-refractivity contribution in [2.45, 2.75) is 0 Å². The number of aliphatic carboxylic acids is 1. The highest BCUT2D eigenvalue weighted by atomic mass is 79.9. The summed E-state index contributed by atoms with van der Waals surface area (Å²) in [4.78, 5) is 22.6. The molecule has 80 valence electrons. The van der Waals surface area contributed by atoms with E-state index >= 15 is 0 Å². The Morgan fingerprint density at radius 3 is 2.67 bits per heavy atom. The first-order chi connectivity index (χ1) is 7.04. The first kappa shape index (κ1) is 12.1. The van der Waals surface area contributed by atoms with Crippen molar-refractivity contribution in [2.24, 2.45) is 5.73 Å².